The van der Waals surface area contributed by atoms with Gasteiger partial charge in [0.1, 0.15) is 11.4 Å². The third kappa shape index (κ3) is 4.40. The summed E-state index contributed by atoms with van der Waals surface area (Å²) in [7, 11) is 0. The van der Waals surface area contributed by atoms with E-state index in [0.717, 1.165) is 10.4 Å². The molecule has 1 aromatic carbocycles. The van der Waals surface area contributed by atoms with Gasteiger partial charge in [0.05, 0.1) is 23.1 Å². The van der Waals surface area contributed by atoms with Crippen LogP contribution in [0.2, 0.25) is 0 Å². The molecule has 7 nitrogen and oxygen atoms in total. The molecular weight excluding hydrogens is 376 g/mol. The predicted molar refractivity (Wildman–Crippen MR) is 100 cm³/mol. The molecule has 0 saturated carbocycles. The van der Waals surface area contributed by atoms with Crippen molar-refractivity contribution in [2.45, 2.75) is 37.5 Å². The first-order valence-electron chi connectivity index (χ1n) is 8.09. The summed E-state index contributed by atoms with van der Waals surface area (Å²) in [5.41, 5.74) is 2.47. The minimum Gasteiger partial charge on any atom is -0.494 e. The Morgan fingerprint density at radius 3 is 2.96 bits per heavy atom. The van der Waals surface area contributed by atoms with Crippen molar-refractivity contribution in [2.24, 2.45) is 0 Å². The van der Waals surface area contributed by atoms with Crippen LogP contribution in [0.15, 0.2) is 29.9 Å². The zero-order valence-corrected chi connectivity index (χ0v) is 16.1. The Bertz CT molecular complexity index is 807. The summed E-state index contributed by atoms with van der Waals surface area (Å²) in [5, 5.41) is 2.25. The second-order valence-electron chi connectivity index (χ2n) is 6.44. The van der Waals surface area contributed by atoms with Crippen LogP contribution in [-0.2, 0) is 27.8 Å². The van der Waals surface area contributed by atoms with Gasteiger partial charge in [0, 0.05) is 23.1 Å². The quantitative estimate of drug-likeness (QED) is 0.695. The Kier molecular flexibility index (Phi) is 5.59. The fourth-order valence-electron chi connectivity index (χ4n) is 2.79. The largest absolute Gasteiger partial charge is 0.494 e. The van der Waals surface area contributed by atoms with Gasteiger partial charge in [-0.2, -0.15) is 0 Å². The zero-order valence-electron chi connectivity index (χ0n) is 14.4. The van der Waals surface area contributed by atoms with E-state index >= 15 is 0 Å². The van der Waals surface area contributed by atoms with Crippen LogP contribution in [-0.4, -0.2) is 31.7 Å². The number of nitrogens with one attached hydrogen (secondary N) is 1. The van der Waals surface area contributed by atoms with Crippen molar-refractivity contribution in [2.75, 3.05) is 11.9 Å². The maximum Gasteiger partial charge on any atom is 0.412 e. The molecule has 1 aliphatic heterocycles. The summed E-state index contributed by atoms with van der Waals surface area (Å²) in [4.78, 5) is 16.5. The molecular formula is C17H20N2O5S2. The van der Waals surface area contributed by atoms with Crippen molar-refractivity contribution >= 4 is 34.2 Å². The Hall–Kier alpha value is -1.97. The highest BCUT2D eigenvalue weighted by molar-refractivity contribution is 7.79. The number of thiazole rings is 1. The van der Waals surface area contributed by atoms with Crippen LogP contribution in [0.4, 0.5) is 10.5 Å². The molecule has 2 aromatic rings. The molecule has 3 rings (SSSR count). The molecule has 140 valence electrons. The molecule has 2 heterocycles. The second-order valence-corrected chi connectivity index (χ2v) is 8.63. The first-order valence-corrected chi connectivity index (χ1v) is 10.1. The highest BCUT2D eigenvalue weighted by Crippen LogP contribution is 2.37. The molecule has 0 radical (unpaired) electrons. The summed E-state index contributed by atoms with van der Waals surface area (Å²) in [6.07, 6.45) is 2.17. The molecule has 1 aromatic heterocycles. The number of benzene rings is 1. The monoisotopic (exact) mass is 396 g/mol. The molecule has 2 atom stereocenters. The summed E-state index contributed by atoms with van der Waals surface area (Å²) < 4.78 is 32.1. The van der Waals surface area contributed by atoms with Crippen LogP contribution >= 0.6 is 11.3 Å². The number of hydrogen-bond donors (Lipinski definition) is 2. The van der Waals surface area contributed by atoms with E-state index in [1.807, 2.05) is 19.9 Å². The van der Waals surface area contributed by atoms with Gasteiger partial charge in [0.15, 0.2) is 11.1 Å². The van der Waals surface area contributed by atoms with Crippen LogP contribution in [0.1, 0.15) is 30.7 Å². The van der Waals surface area contributed by atoms with E-state index in [1.165, 1.54) is 11.3 Å². The highest BCUT2D eigenvalue weighted by Gasteiger charge is 2.33. The number of anilines is 1. The first-order chi connectivity index (χ1) is 12.3. The number of hydrogen-bond acceptors (Lipinski definition) is 6. The van der Waals surface area contributed by atoms with E-state index in [1.54, 1.807) is 23.8 Å². The van der Waals surface area contributed by atoms with E-state index in [-0.39, 0.29) is 0 Å². The number of aromatic nitrogens is 1. The number of carbonyl (C=O) groups is 1. The molecule has 9 heteroatoms. The maximum atomic E-state index is 11.6. The molecule has 0 aliphatic carbocycles. The Balaban J connectivity index is 1.63. The number of carbonyl (C=O) groups excluding carboxylic acids is 1. The Labute approximate surface area is 158 Å². The lowest BCUT2D eigenvalue weighted by atomic mass is 9.94. The lowest BCUT2D eigenvalue weighted by molar-refractivity contribution is 0.0418. The molecule has 2 N–H and O–H groups in total. The van der Waals surface area contributed by atoms with Crippen LogP contribution in [0.3, 0.4) is 0 Å². The molecule has 1 amide bonds. The summed E-state index contributed by atoms with van der Waals surface area (Å²) in [6.45, 7) is 3.94. The molecule has 0 bridgehead atoms. The van der Waals surface area contributed by atoms with Crippen molar-refractivity contribution in [3.05, 3.63) is 40.3 Å². The van der Waals surface area contributed by atoms with Crippen molar-refractivity contribution in [1.82, 2.24) is 4.98 Å². The van der Waals surface area contributed by atoms with E-state index in [4.69, 9.17) is 9.47 Å². The van der Waals surface area contributed by atoms with E-state index < -0.39 is 28.0 Å². The van der Waals surface area contributed by atoms with Gasteiger partial charge in [-0.3, -0.25) is 10.3 Å². The summed E-state index contributed by atoms with van der Waals surface area (Å²) in [5.74, 6) is 0.622. The van der Waals surface area contributed by atoms with Crippen LogP contribution in [0.25, 0.3) is 0 Å². The van der Waals surface area contributed by atoms with Gasteiger partial charge in [-0.1, -0.05) is 0 Å². The third-order valence-corrected chi connectivity index (χ3v) is 5.90. The average Bonchev–Trinajstić information content (AvgIpc) is 3.06. The number of cyclic esters (lactones) is 1. The third-order valence-electron chi connectivity index (χ3n) is 4.13. The Morgan fingerprint density at radius 2 is 2.27 bits per heavy atom. The lowest BCUT2D eigenvalue weighted by Gasteiger charge is -2.32. The van der Waals surface area contributed by atoms with Gasteiger partial charge >= 0.3 is 6.09 Å². The highest BCUT2D eigenvalue weighted by atomic mass is 32.2. The predicted octanol–water partition coefficient (Wildman–Crippen LogP) is 3.54. The molecule has 0 saturated heterocycles. The van der Waals surface area contributed by atoms with Gasteiger partial charge in [-0.25, -0.2) is 9.00 Å². The first kappa shape index (κ1) is 18.8. The maximum absolute atomic E-state index is 11.6. The van der Waals surface area contributed by atoms with Crippen molar-refractivity contribution in [1.29, 1.82) is 0 Å². The fraction of sp³-hybridized carbons (Fsp3) is 0.412. The van der Waals surface area contributed by atoms with Crippen molar-refractivity contribution < 1.29 is 23.0 Å². The van der Waals surface area contributed by atoms with Gasteiger partial charge in [0.2, 0.25) is 0 Å². The lowest BCUT2D eigenvalue weighted by Crippen LogP contribution is -2.34. The number of fused-ring (bicyclic) bond motifs is 1. The van der Waals surface area contributed by atoms with Crippen molar-refractivity contribution in [3.8, 4) is 5.75 Å². The summed E-state index contributed by atoms with van der Waals surface area (Å²) in [6, 6.07) is 5.35. The van der Waals surface area contributed by atoms with Crippen molar-refractivity contribution in [3.63, 3.8) is 0 Å². The number of amides is 1. The van der Waals surface area contributed by atoms with Crippen LogP contribution < -0.4 is 10.1 Å². The molecule has 2 unspecified atom stereocenters. The van der Waals surface area contributed by atoms with Gasteiger partial charge in [-0.05, 0) is 38.5 Å². The SMILES string of the molecule is CC1(C)OC(=O)Nc2ccc(OCCC(Cc3cncs3)S(=O)O)cc21. The topological polar surface area (TPSA) is 97.8 Å². The zero-order chi connectivity index (χ0) is 18.7. The molecule has 0 spiro atoms. The Morgan fingerprint density at radius 1 is 1.46 bits per heavy atom. The van der Waals surface area contributed by atoms with E-state index in [0.29, 0.717) is 30.9 Å². The van der Waals surface area contributed by atoms with Gasteiger partial charge in [0.25, 0.3) is 0 Å². The molecule has 26 heavy (non-hydrogen) atoms. The van der Waals surface area contributed by atoms with Crippen LogP contribution in [0, 0.1) is 0 Å². The molecule has 1 aliphatic rings. The fourth-order valence-corrected chi connectivity index (χ4v) is 4.19. The van der Waals surface area contributed by atoms with E-state index in [9.17, 15) is 13.6 Å². The van der Waals surface area contributed by atoms with E-state index in [2.05, 4.69) is 10.3 Å². The van der Waals surface area contributed by atoms with Crippen LogP contribution in [0.5, 0.6) is 5.75 Å². The standard InChI is InChI=1S/C17H20N2O5S2/c1-17(2)14-7-11(3-4-15(14)19-16(20)24-17)23-6-5-13(26(21)22)8-12-9-18-10-25-12/h3-4,7,9-10,13H,5-6,8H2,1-2H3,(H,19,20)(H,21,22). The second kappa shape index (κ2) is 7.73. The minimum absolute atomic E-state index is 0.308. The minimum atomic E-state index is -1.93. The number of ether oxygens (including phenoxy) is 2. The molecule has 0 fully saturated rings. The van der Waals surface area contributed by atoms with Gasteiger partial charge in [-0.15, -0.1) is 11.3 Å². The van der Waals surface area contributed by atoms with Gasteiger partial charge < -0.3 is 14.0 Å². The average molecular weight is 396 g/mol. The smallest absolute Gasteiger partial charge is 0.412 e. The normalized spacial score (nSPS) is 17.6. The summed E-state index contributed by atoms with van der Waals surface area (Å²) >= 11 is -0.465. The number of rotatable bonds is 7. The number of nitrogens with zero attached hydrogens (tertiary/aromatic N) is 1.